The van der Waals surface area contributed by atoms with Gasteiger partial charge >= 0.3 is 0 Å². The van der Waals surface area contributed by atoms with Crippen LogP contribution in [0.25, 0.3) is 11.1 Å². The van der Waals surface area contributed by atoms with Crippen LogP contribution in [0.15, 0.2) is 95.5 Å². The number of rotatable bonds is 5. The second-order valence-corrected chi connectivity index (χ2v) is 11.1. The van der Waals surface area contributed by atoms with E-state index >= 15 is 0 Å². The molecular formula is C30H26Br2Cl2N2O. The summed E-state index contributed by atoms with van der Waals surface area (Å²) in [6.45, 7) is 1.26. The average Bonchev–Trinajstić information content (AvgIpc) is 3.35. The second-order valence-electron chi connectivity index (χ2n) is 8.82. The van der Waals surface area contributed by atoms with Gasteiger partial charge in [-0.1, -0.05) is 128 Å². The van der Waals surface area contributed by atoms with Gasteiger partial charge in [0.25, 0.3) is 0 Å². The van der Waals surface area contributed by atoms with Gasteiger partial charge in [0.2, 0.25) is 5.91 Å². The molecule has 0 bridgehead atoms. The third-order valence-corrected chi connectivity index (χ3v) is 8.03. The highest BCUT2D eigenvalue weighted by Crippen LogP contribution is 2.28. The van der Waals surface area contributed by atoms with Crippen LogP contribution in [-0.4, -0.2) is 16.8 Å². The topological polar surface area (TPSA) is 46.3 Å². The Morgan fingerprint density at radius 2 is 1.41 bits per heavy atom. The number of benzene rings is 4. The highest BCUT2D eigenvalue weighted by Gasteiger charge is 2.27. The van der Waals surface area contributed by atoms with Crippen LogP contribution in [-0.2, 0) is 29.6 Å². The van der Waals surface area contributed by atoms with Crippen molar-refractivity contribution in [2.75, 3.05) is 0 Å². The smallest absolute Gasteiger partial charge is 0.240 e. The molecule has 190 valence electrons. The molecule has 1 aliphatic rings. The Morgan fingerprint density at radius 1 is 0.811 bits per heavy atom. The maximum absolute atomic E-state index is 12.8. The van der Waals surface area contributed by atoms with Crippen molar-refractivity contribution in [2.45, 2.75) is 30.9 Å². The molecule has 5 rings (SSSR count). The van der Waals surface area contributed by atoms with Crippen molar-refractivity contribution in [3.63, 3.8) is 0 Å². The number of fused-ring (bicyclic) bond motifs is 1. The fourth-order valence-electron chi connectivity index (χ4n) is 4.20. The molecule has 0 aliphatic carbocycles. The fourth-order valence-corrected chi connectivity index (χ4v) is 5.85. The van der Waals surface area contributed by atoms with Gasteiger partial charge in [-0.2, -0.15) is 0 Å². The van der Waals surface area contributed by atoms with Crippen LogP contribution in [0.5, 0.6) is 0 Å². The summed E-state index contributed by atoms with van der Waals surface area (Å²) in [5.74, 6) is -0.0330. The SMILES string of the molecule is Clc1cc(Br)ccc1CBr.NC(Cc1ccc(-c2ccccc2)cc1Cl)C(=O)N1Cc2ccccc2C1. The molecule has 1 heterocycles. The van der Waals surface area contributed by atoms with Crippen LogP contribution >= 0.6 is 55.1 Å². The molecule has 0 saturated heterocycles. The molecule has 0 fully saturated rings. The molecule has 0 radical (unpaired) electrons. The standard InChI is InChI=1S/C23H21ClN2O.C7H5Br2Cl/c24-21-12-17(16-6-2-1-3-7-16)10-11-18(21)13-22(25)23(27)26-14-19-8-4-5-9-20(19)15-26;8-4-5-1-2-6(9)3-7(5)10/h1-12,22H,13-15,25H2;1-3H,4H2. The first-order chi connectivity index (χ1) is 17.9. The fraction of sp³-hybridized carbons (Fsp3) is 0.167. The molecule has 37 heavy (non-hydrogen) atoms. The summed E-state index contributed by atoms with van der Waals surface area (Å²) in [5, 5.41) is 2.25. The van der Waals surface area contributed by atoms with Crippen LogP contribution < -0.4 is 5.73 Å². The summed E-state index contributed by atoms with van der Waals surface area (Å²) in [6.07, 6.45) is 0.430. The largest absolute Gasteiger partial charge is 0.333 e. The molecule has 7 heteroatoms. The van der Waals surface area contributed by atoms with Gasteiger partial charge < -0.3 is 10.6 Å². The first kappa shape index (κ1) is 27.9. The van der Waals surface area contributed by atoms with E-state index in [9.17, 15) is 4.79 Å². The Hall–Kier alpha value is -2.15. The number of nitrogens with zero attached hydrogens (tertiary/aromatic N) is 1. The Kier molecular flexibility index (Phi) is 9.85. The predicted octanol–water partition coefficient (Wildman–Crippen LogP) is 8.42. The highest BCUT2D eigenvalue weighted by atomic mass is 79.9. The third-order valence-electron chi connectivity index (χ3n) is 6.23. The van der Waals surface area contributed by atoms with E-state index in [0.29, 0.717) is 24.5 Å². The summed E-state index contributed by atoms with van der Waals surface area (Å²) in [4.78, 5) is 14.6. The van der Waals surface area contributed by atoms with Gasteiger partial charge in [0, 0.05) is 32.9 Å². The van der Waals surface area contributed by atoms with Gasteiger partial charge in [-0.25, -0.2) is 0 Å². The van der Waals surface area contributed by atoms with E-state index in [1.807, 2.05) is 83.8 Å². The molecule has 0 aromatic heterocycles. The van der Waals surface area contributed by atoms with E-state index in [-0.39, 0.29) is 5.91 Å². The van der Waals surface area contributed by atoms with E-state index in [4.69, 9.17) is 28.9 Å². The van der Waals surface area contributed by atoms with Crippen LogP contribution in [0.3, 0.4) is 0 Å². The van der Waals surface area contributed by atoms with Gasteiger partial charge in [0.1, 0.15) is 0 Å². The molecule has 4 aromatic carbocycles. The molecule has 1 aliphatic heterocycles. The predicted molar refractivity (Wildman–Crippen MR) is 161 cm³/mol. The number of alkyl halides is 1. The van der Waals surface area contributed by atoms with Crippen molar-refractivity contribution in [3.05, 3.63) is 128 Å². The quantitative estimate of drug-likeness (QED) is 0.219. The van der Waals surface area contributed by atoms with Crippen LogP contribution in [0.4, 0.5) is 0 Å². The third kappa shape index (κ3) is 7.24. The Balaban J connectivity index is 0.000000270. The van der Waals surface area contributed by atoms with Crippen molar-refractivity contribution in [1.29, 1.82) is 0 Å². The van der Waals surface area contributed by atoms with Crippen molar-refractivity contribution < 1.29 is 4.79 Å². The molecule has 0 saturated carbocycles. The maximum atomic E-state index is 12.8. The monoisotopic (exact) mass is 658 g/mol. The van der Waals surface area contributed by atoms with Gasteiger partial charge in [-0.05, 0) is 58.0 Å². The van der Waals surface area contributed by atoms with Gasteiger partial charge in [-0.15, -0.1) is 0 Å². The number of nitrogens with two attached hydrogens (primary N) is 1. The lowest BCUT2D eigenvalue weighted by molar-refractivity contribution is -0.133. The van der Waals surface area contributed by atoms with Crippen molar-refractivity contribution in [3.8, 4) is 11.1 Å². The van der Waals surface area contributed by atoms with E-state index in [2.05, 4.69) is 44.0 Å². The summed E-state index contributed by atoms with van der Waals surface area (Å²) in [7, 11) is 0. The van der Waals surface area contributed by atoms with Gasteiger partial charge in [0.05, 0.1) is 6.04 Å². The van der Waals surface area contributed by atoms with Crippen LogP contribution in [0.2, 0.25) is 10.0 Å². The summed E-state index contributed by atoms with van der Waals surface area (Å²) >= 11 is 19.0. The molecule has 1 unspecified atom stereocenters. The number of amides is 1. The molecule has 4 aromatic rings. The zero-order valence-electron chi connectivity index (χ0n) is 20.0. The van der Waals surface area contributed by atoms with E-state index < -0.39 is 6.04 Å². The molecule has 0 spiro atoms. The first-order valence-electron chi connectivity index (χ1n) is 11.8. The zero-order valence-corrected chi connectivity index (χ0v) is 24.7. The minimum absolute atomic E-state index is 0.0330. The van der Waals surface area contributed by atoms with E-state index in [0.717, 1.165) is 37.1 Å². The minimum Gasteiger partial charge on any atom is -0.333 e. The average molecular weight is 661 g/mol. The van der Waals surface area contributed by atoms with Crippen molar-refractivity contribution in [1.82, 2.24) is 4.90 Å². The Morgan fingerprint density at radius 3 is 2.00 bits per heavy atom. The number of carbonyl (C=O) groups is 1. The zero-order chi connectivity index (χ0) is 26.4. The molecule has 3 nitrogen and oxygen atoms in total. The molecule has 2 N–H and O–H groups in total. The summed E-state index contributed by atoms with van der Waals surface area (Å²) < 4.78 is 1.02. The molecular weight excluding hydrogens is 635 g/mol. The molecule has 1 atom stereocenters. The lowest BCUT2D eigenvalue weighted by Gasteiger charge is -2.21. The van der Waals surface area contributed by atoms with Gasteiger partial charge in [-0.3, -0.25) is 4.79 Å². The van der Waals surface area contributed by atoms with Crippen LogP contribution in [0.1, 0.15) is 22.3 Å². The first-order valence-corrected chi connectivity index (χ1v) is 14.5. The van der Waals surface area contributed by atoms with Crippen molar-refractivity contribution >= 4 is 61.0 Å². The number of carbonyl (C=O) groups excluding carboxylic acids is 1. The second kappa shape index (κ2) is 13.1. The van der Waals surface area contributed by atoms with E-state index in [1.165, 1.54) is 11.1 Å². The number of hydrogen-bond acceptors (Lipinski definition) is 2. The minimum atomic E-state index is -0.598. The number of hydrogen-bond donors (Lipinski definition) is 1. The summed E-state index contributed by atoms with van der Waals surface area (Å²) in [6, 6.07) is 29.4. The normalized spacial score (nSPS) is 12.9. The number of halogens is 4. The maximum Gasteiger partial charge on any atom is 0.240 e. The molecule has 1 amide bonds. The van der Waals surface area contributed by atoms with Crippen molar-refractivity contribution in [2.24, 2.45) is 5.73 Å². The lowest BCUT2D eigenvalue weighted by Crippen LogP contribution is -2.42. The highest BCUT2D eigenvalue weighted by molar-refractivity contribution is 9.10. The Labute approximate surface area is 244 Å². The van der Waals surface area contributed by atoms with E-state index in [1.54, 1.807) is 0 Å². The summed E-state index contributed by atoms with van der Waals surface area (Å²) in [5.41, 5.74) is 12.8. The van der Waals surface area contributed by atoms with Crippen LogP contribution in [0, 0.1) is 0 Å². The van der Waals surface area contributed by atoms with Gasteiger partial charge in [0.15, 0.2) is 0 Å². The lowest BCUT2D eigenvalue weighted by atomic mass is 10.0. The Bertz CT molecular complexity index is 1360.